The predicted octanol–water partition coefficient (Wildman–Crippen LogP) is 3.31. The maximum atomic E-state index is 12.6. The van der Waals surface area contributed by atoms with Crippen LogP contribution in [0.5, 0.6) is 0 Å². The second-order valence-electron chi connectivity index (χ2n) is 6.76. The number of rotatable bonds is 3. The van der Waals surface area contributed by atoms with Gasteiger partial charge in [0.05, 0.1) is 5.25 Å². The summed E-state index contributed by atoms with van der Waals surface area (Å²) >= 11 is 0. The average molecular weight is 357 g/mol. The van der Waals surface area contributed by atoms with Crippen molar-refractivity contribution in [1.82, 2.24) is 4.90 Å². The fourth-order valence-corrected chi connectivity index (χ4v) is 4.29. The van der Waals surface area contributed by atoms with Crippen LogP contribution >= 0.6 is 0 Å². The second-order valence-corrected chi connectivity index (χ2v) is 9.09. The predicted molar refractivity (Wildman–Crippen MR) is 100 cm³/mol. The first kappa shape index (κ1) is 17.7. The molecule has 1 heterocycles. The van der Waals surface area contributed by atoms with Gasteiger partial charge in [0.2, 0.25) is 0 Å². The molecule has 1 aliphatic rings. The molecule has 2 aromatic carbocycles. The van der Waals surface area contributed by atoms with Gasteiger partial charge in [0, 0.05) is 24.9 Å². The zero-order valence-corrected chi connectivity index (χ0v) is 15.4. The molecule has 1 amide bonds. The lowest BCUT2D eigenvalue weighted by atomic mass is 10.0. The Morgan fingerprint density at radius 3 is 1.88 bits per heavy atom. The number of likely N-dealkylation sites (tertiary alicyclic amines) is 1. The summed E-state index contributed by atoms with van der Waals surface area (Å²) < 4.78 is 23.2. The molecule has 0 aromatic heterocycles. The molecule has 132 valence electrons. The van der Waals surface area contributed by atoms with Crippen LogP contribution in [0.3, 0.4) is 0 Å². The fourth-order valence-electron chi connectivity index (χ4n) is 3.22. The molecule has 0 radical (unpaired) electrons. The molecule has 25 heavy (non-hydrogen) atoms. The highest BCUT2D eigenvalue weighted by Crippen LogP contribution is 2.22. The lowest BCUT2D eigenvalue weighted by molar-refractivity contribution is 0.0726. The number of hydrogen-bond acceptors (Lipinski definition) is 3. The monoisotopic (exact) mass is 357 g/mol. The molecule has 2 aromatic rings. The molecule has 0 atom stereocenters. The molecular weight excluding hydrogens is 334 g/mol. The van der Waals surface area contributed by atoms with E-state index in [0.29, 0.717) is 31.5 Å². The van der Waals surface area contributed by atoms with Gasteiger partial charge in [-0.25, -0.2) is 8.42 Å². The maximum Gasteiger partial charge on any atom is 0.253 e. The number of hydrogen-bond donors (Lipinski definition) is 0. The first-order valence-corrected chi connectivity index (χ1v) is 10.5. The van der Waals surface area contributed by atoms with Gasteiger partial charge in [-0.05, 0) is 43.0 Å². The van der Waals surface area contributed by atoms with E-state index in [4.69, 9.17) is 0 Å². The van der Waals surface area contributed by atoms with Crippen LogP contribution in [0, 0.1) is 6.92 Å². The molecule has 1 fully saturated rings. The van der Waals surface area contributed by atoms with Crippen molar-refractivity contribution < 1.29 is 13.2 Å². The molecule has 1 saturated heterocycles. The van der Waals surface area contributed by atoms with E-state index in [0.717, 1.165) is 11.1 Å². The van der Waals surface area contributed by atoms with E-state index in [-0.39, 0.29) is 11.2 Å². The second kappa shape index (κ2) is 7.00. The van der Waals surface area contributed by atoms with E-state index in [1.54, 1.807) is 4.90 Å². The number of sulfone groups is 1. The Labute approximate surface area is 149 Å². The zero-order valence-electron chi connectivity index (χ0n) is 14.6. The zero-order chi connectivity index (χ0) is 18.0. The highest BCUT2D eigenvalue weighted by molar-refractivity contribution is 7.91. The Morgan fingerprint density at radius 2 is 1.40 bits per heavy atom. The molecule has 4 nitrogen and oxygen atoms in total. The summed E-state index contributed by atoms with van der Waals surface area (Å²) in [6.07, 6.45) is 2.32. The Morgan fingerprint density at radius 1 is 0.920 bits per heavy atom. The lowest BCUT2D eigenvalue weighted by Gasteiger charge is -2.31. The van der Waals surface area contributed by atoms with Crippen molar-refractivity contribution in [3.8, 4) is 11.1 Å². The fraction of sp³-hybridized carbons (Fsp3) is 0.350. The van der Waals surface area contributed by atoms with Crippen LogP contribution in [0.25, 0.3) is 11.1 Å². The van der Waals surface area contributed by atoms with E-state index < -0.39 is 9.84 Å². The summed E-state index contributed by atoms with van der Waals surface area (Å²) in [5.74, 6) is -0.0255. The average Bonchev–Trinajstić information content (AvgIpc) is 2.61. The van der Waals surface area contributed by atoms with Crippen molar-refractivity contribution in [2.75, 3.05) is 19.3 Å². The van der Waals surface area contributed by atoms with Crippen molar-refractivity contribution in [3.05, 3.63) is 59.7 Å². The normalized spacial score (nSPS) is 16.0. The van der Waals surface area contributed by atoms with Gasteiger partial charge in [-0.1, -0.05) is 42.0 Å². The molecule has 0 N–H and O–H groups in total. The number of nitrogens with zero attached hydrogens (tertiary/aromatic N) is 1. The molecule has 0 aliphatic carbocycles. The minimum atomic E-state index is -3.02. The van der Waals surface area contributed by atoms with E-state index in [2.05, 4.69) is 31.2 Å². The Kier molecular flexibility index (Phi) is 4.95. The number of amides is 1. The Balaban J connectivity index is 1.68. The molecule has 5 heteroatoms. The smallest absolute Gasteiger partial charge is 0.253 e. The van der Waals surface area contributed by atoms with Gasteiger partial charge in [0.25, 0.3) is 5.91 Å². The van der Waals surface area contributed by atoms with Crippen LogP contribution in [-0.2, 0) is 9.84 Å². The van der Waals surface area contributed by atoms with Crippen molar-refractivity contribution in [2.24, 2.45) is 0 Å². The summed E-state index contributed by atoms with van der Waals surface area (Å²) in [5, 5.41) is -0.319. The maximum absolute atomic E-state index is 12.6. The summed E-state index contributed by atoms with van der Waals surface area (Å²) in [7, 11) is -3.02. The molecule has 0 unspecified atom stereocenters. The standard InChI is InChI=1S/C20H23NO3S/c1-15-3-5-16(6-4-15)17-7-9-18(10-8-17)20(22)21-13-11-19(12-14-21)25(2,23)24/h3-10,19H,11-14H2,1-2H3. The van der Waals surface area contributed by atoms with Crippen molar-refractivity contribution >= 4 is 15.7 Å². The quantitative estimate of drug-likeness (QED) is 0.847. The van der Waals surface area contributed by atoms with Gasteiger partial charge in [0.1, 0.15) is 9.84 Å². The van der Waals surface area contributed by atoms with Crippen LogP contribution in [0.1, 0.15) is 28.8 Å². The van der Waals surface area contributed by atoms with Gasteiger partial charge < -0.3 is 4.90 Å². The number of carbonyl (C=O) groups is 1. The molecule has 1 aliphatic heterocycles. The van der Waals surface area contributed by atoms with Crippen molar-refractivity contribution in [3.63, 3.8) is 0 Å². The minimum Gasteiger partial charge on any atom is -0.339 e. The number of piperidine rings is 1. The minimum absolute atomic E-state index is 0.0255. The summed E-state index contributed by atoms with van der Waals surface area (Å²) in [6.45, 7) is 3.05. The van der Waals surface area contributed by atoms with Gasteiger partial charge in [0.15, 0.2) is 0 Å². The van der Waals surface area contributed by atoms with Crippen LogP contribution in [-0.4, -0.2) is 43.8 Å². The molecular formula is C20H23NO3S. The summed E-state index contributed by atoms with van der Waals surface area (Å²) in [6, 6.07) is 15.9. The van der Waals surface area contributed by atoms with E-state index in [1.165, 1.54) is 11.8 Å². The SMILES string of the molecule is Cc1ccc(-c2ccc(C(=O)N3CCC(S(C)(=O)=O)CC3)cc2)cc1. The Hall–Kier alpha value is -2.14. The van der Waals surface area contributed by atoms with E-state index in [1.807, 2.05) is 24.3 Å². The third kappa shape index (κ3) is 4.10. The van der Waals surface area contributed by atoms with Crippen molar-refractivity contribution in [1.29, 1.82) is 0 Å². The van der Waals surface area contributed by atoms with Crippen LogP contribution in [0.15, 0.2) is 48.5 Å². The first-order valence-electron chi connectivity index (χ1n) is 8.50. The third-order valence-electron chi connectivity index (χ3n) is 4.85. The highest BCUT2D eigenvalue weighted by atomic mass is 32.2. The molecule has 0 bridgehead atoms. The molecule has 3 rings (SSSR count). The van der Waals surface area contributed by atoms with Gasteiger partial charge in [-0.3, -0.25) is 4.79 Å². The Bertz CT molecular complexity index is 847. The van der Waals surface area contributed by atoms with Crippen molar-refractivity contribution in [2.45, 2.75) is 25.0 Å². The van der Waals surface area contributed by atoms with Crippen LogP contribution < -0.4 is 0 Å². The number of aryl methyl sites for hydroxylation is 1. The molecule has 0 saturated carbocycles. The lowest BCUT2D eigenvalue weighted by Crippen LogP contribution is -2.42. The first-order chi connectivity index (χ1) is 11.8. The summed E-state index contributed by atoms with van der Waals surface area (Å²) in [4.78, 5) is 14.4. The number of carbonyl (C=O) groups excluding carboxylic acids is 1. The van der Waals surface area contributed by atoms with Crippen LogP contribution in [0.4, 0.5) is 0 Å². The summed E-state index contributed by atoms with van der Waals surface area (Å²) in [5.41, 5.74) is 4.06. The topological polar surface area (TPSA) is 54.5 Å². The van der Waals surface area contributed by atoms with Gasteiger partial charge in [-0.15, -0.1) is 0 Å². The van der Waals surface area contributed by atoms with E-state index in [9.17, 15) is 13.2 Å². The molecule has 0 spiro atoms. The highest BCUT2D eigenvalue weighted by Gasteiger charge is 2.29. The van der Waals surface area contributed by atoms with Crippen LogP contribution in [0.2, 0.25) is 0 Å². The largest absolute Gasteiger partial charge is 0.339 e. The third-order valence-corrected chi connectivity index (χ3v) is 6.53. The van der Waals surface area contributed by atoms with E-state index >= 15 is 0 Å². The number of benzene rings is 2. The van der Waals surface area contributed by atoms with Gasteiger partial charge >= 0.3 is 0 Å². The van der Waals surface area contributed by atoms with Gasteiger partial charge in [-0.2, -0.15) is 0 Å².